The first-order chi connectivity index (χ1) is 21.6. The van der Waals surface area contributed by atoms with E-state index in [4.69, 9.17) is 29.3 Å². The van der Waals surface area contributed by atoms with Crippen LogP contribution in [0.1, 0.15) is 41.4 Å². The van der Waals surface area contributed by atoms with Gasteiger partial charge in [-0.2, -0.15) is 5.10 Å². The molecule has 1 unspecified atom stereocenters. The minimum atomic E-state index is -0.222. The summed E-state index contributed by atoms with van der Waals surface area (Å²) in [6, 6.07) is 16.4. The van der Waals surface area contributed by atoms with Crippen LogP contribution in [0.4, 0.5) is 5.69 Å². The van der Waals surface area contributed by atoms with Gasteiger partial charge in [-0.25, -0.2) is 14.5 Å². The number of methoxy groups -OCH3 is 2. The van der Waals surface area contributed by atoms with E-state index in [0.29, 0.717) is 31.1 Å². The Hall–Kier alpha value is -4.32. The van der Waals surface area contributed by atoms with E-state index < -0.39 is 0 Å². The molecule has 1 saturated carbocycles. The molecule has 11 heteroatoms. The van der Waals surface area contributed by atoms with Crippen molar-refractivity contribution in [3.63, 3.8) is 0 Å². The smallest absolute Gasteiger partial charge is 0.271 e. The molecule has 4 aromatic heterocycles. The Morgan fingerprint density at radius 2 is 1.89 bits per heavy atom. The molecular formula is C33H37N7O4. The summed E-state index contributed by atoms with van der Waals surface area (Å²) < 4.78 is 20.9. The maximum absolute atomic E-state index is 13.6. The quantitative estimate of drug-likeness (QED) is 0.269. The highest BCUT2D eigenvalue weighted by molar-refractivity contribution is 5.96. The molecule has 0 radical (unpaired) electrons. The number of fused-ring (bicyclic) bond motifs is 2. The van der Waals surface area contributed by atoms with E-state index in [1.165, 1.54) is 0 Å². The molecule has 1 saturated heterocycles. The number of carbonyl (C=O) groups excluding carboxylic acids is 1. The maximum Gasteiger partial charge on any atom is 0.271 e. The number of hydrogen-bond donors (Lipinski definition) is 1. The second-order valence-corrected chi connectivity index (χ2v) is 11.6. The molecule has 2 fully saturated rings. The summed E-state index contributed by atoms with van der Waals surface area (Å²) in [4.78, 5) is 25.2. The summed E-state index contributed by atoms with van der Waals surface area (Å²) in [6.07, 6.45) is 8.09. The maximum atomic E-state index is 13.6. The monoisotopic (exact) mass is 595 g/mol. The molecule has 4 atom stereocenters. The molecule has 44 heavy (non-hydrogen) atoms. The molecule has 1 aliphatic carbocycles. The van der Waals surface area contributed by atoms with Crippen molar-refractivity contribution in [1.82, 2.24) is 29.5 Å². The molecule has 5 heterocycles. The van der Waals surface area contributed by atoms with Gasteiger partial charge in [-0.1, -0.05) is 30.3 Å². The Kier molecular flexibility index (Phi) is 7.75. The number of hydrogen-bond acceptors (Lipinski definition) is 8. The van der Waals surface area contributed by atoms with Crippen LogP contribution in [0.3, 0.4) is 0 Å². The van der Waals surface area contributed by atoms with E-state index in [9.17, 15) is 4.79 Å². The standard InChI is InChI=1S/C33H37N7O4/c1-38(18-21-8-5-4-6-9-21)27-16-25(37-40-28(17-35-32(27)40)33(41)36-24-11-12-29(24)42-2)23-19-39(31-22(23)10-7-14-34-31)26-13-15-44-20-30(26)43-3/h4-10,14,16-17,19,24,26,29-30H,11-13,15,18,20H2,1-3H3,(H,36,41)/t24?,26-,29-,30-/m1/s1. The van der Waals surface area contributed by atoms with E-state index in [1.54, 1.807) is 24.9 Å². The fourth-order valence-corrected chi connectivity index (χ4v) is 6.40. The largest absolute Gasteiger partial charge is 0.379 e. The van der Waals surface area contributed by atoms with Gasteiger partial charge in [-0.05, 0) is 43.0 Å². The number of imidazole rings is 1. The predicted octanol–water partition coefficient (Wildman–Crippen LogP) is 4.27. The van der Waals surface area contributed by atoms with Crippen molar-refractivity contribution >= 4 is 28.3 Å². The van der Waals surface area contributed by atoms with Gasteiger partial charge in [0.15, 0.2) is 11.3 Å². The lowest BCUT2D eigenvalue weighted by molar-refractivity contribution is -0.0592. The number of amides is 1. The molecule has 0 spiro atoms. The third kappa shape index (κ3) is 5.10. The Balaban J connectivity index is 1.36. The number of rotatable bonds is 9. The van der Waals surface area contributed by atoms with Crippen LogP contribution >= 0.6 is 0 Å². The zero-order valence-electron chi connectivity index (χ0n) is 25.2. The number of aromatic nitrogens is 5. The number of ether oxygens (including phenoxy) is 3. The lowest BCUT2D eigenvalue weighted by Crippen LogP contribution is -2.51. The zero-order valence-corrected chi connectivity index (χ0v) is 25.2. The molecule has 1 amide bonds. The molecule has 7 rings (SSSR count). The number of nitrogens with one attached hydrogen (secondary N) is 1. The number of anilines is 1. The van der Waals surface area contributed by atoms with E-state index in [0.717, 1.165) is 52.8 Å². The van der Waals surface area contributed by atoms with Gasteiger partial charge in [-0.15, -0.1) is 0 Å². The van der Waals surface area contributed by atoms with Gasteiger partial charge in [0, 0.05) is 57.8 Å². The van der Waals surface area contributed by atoms with Crippen LogP contribution in [-0.4, -0.2) is 82.8 Å². The number of carbonyl (C=O) groups is 1. The van der Waals surface area contributed by atoms with E-state index in [-0.39, 0.29) is 30.2 Å². The molecule has 0 bridgehead atoms. The summed E-state index contributed by atoms with van der Waals surface area (Å²) in [5, 5.41) is 9.16. The van der Waals surface area contributed by atoms with E-state index in [2.05, 4.69) is 45.2 Å². The highest BCUT2D eigenvalue weighted by Gasteiger charge is 2.34. The second kappa shape index (κ2) is 12.0. The average Bonchev–Trinajstić information content (AvgIpc) is 3.65. The molecule has 11 nitrogen and oxygen atoms in total. The normalized spacial score (nSPS) is 21.8. The van der Waals surface area contributed by atoms with Gasteiger partial charge in [0.1, 0.15) is 11.8 Å². The lowest BCUT2D eigenvalue weighted by Gasteiger charge is -2.35. The lowest BCUT2D eigenvalue weighted by atomic mass is 9.89. The summed E-state index contributed by atoms with van der Waals surface area (Å²) in [5.74, 6) is -0.222. The Labute approximate surface area is 255 Å². The van der Waals surface area contributed by atoms with Gasteiger partial charge in [0.05, 0.1) is 42.4 Å². The molecule has 2 aliphatic rings. The SMILES string of the molecule is CO[C@@H]1CCC1NC(=O)c1cnc2c(N(C)Cc3ccccc3)cc(-c3cn([C@@H]4CCOC[C@H]4OC)c4ncccc34)nn12. The predicted molar refractivity (Wildman–Crippen MR) is 167 cm³/mol. The highest BCUT2D eigenvalue weighted by Crippen LogP contribution is 2.36. The fourth-order valence-electron chi connectivity index (χ4n) is 6.40. The van der Waals surface area contributed by atoms with Gasteiger partial charge in [-0.3, -0.25) is 4.79 Å². The molecule has 1 aliphatic heterocycles. The third-order valence-corrected chi connectivity index (χ3v) is 8.98. The summed E-state index contributed by atoms with van der Waals surface area (Å²) in [6.45, 7) is 1.84. The minimum Gasteiger partial charge on any atom is -0.379 e. The minimum absolute atomic E-state index is 0.0222. The average molecular weight is 596 g/mol. The van der Waals surface area contributed by atoms with Crippen LogP contribution < -0.4 is 10.2 Å². The molecule has 228 valence electrons. The fraction of sp³-hybridized carbons (Fsp3) is 0.394. The van der Waals surface area contributed by atoms with Crippen molar-refractivity contribution < 1.29 is 19.0 Å². The first-order valence-corrected chi connectivity index (χ1v) is 15.1. The molecule has 5 aromatic rings. The van der Waals surface area contributed by atoms with Crippen LogP contribution in [0.25, 0.3) is 27.9 Å². The van der Waals surface area contributed by atoms with Gasteiger partial charge in [0.2, 0.25) is 0 Å². The Bertz CT molecular complexity index is 1780. The van der Waals surface area contributed by atoms with Crippen molar-refractivity contribution in [3.05, 3.63) is 78.4 Å². The Morgan fingerprint density at radius 1 is 1.05 bits per heavy atom. The van der Waals surface area contributed by atoms with Crippen LogP contribution in [0.15, 0.2) is 67.1 Å². The van der Waals surface area contributed by atoms with Gasteiger partial charge in [0.25, 0.3) is 5.91 Å². The van der Waals surface area contributed by atoms with E-state index >= 15 is 0 Å². The summed E-state index contributed by atoms with van der Waals surface area (Å²) >= 11 is 0. The Morgan fingerprint density at radius 3 is 2.66 bits per heavy atom. The summed E-state index contributed by atoms with van der Waals surface area (Å²) in [5.41, 5.74) is 5.51. The zero-order chi connectivity index (χ0) is 30.2. The van der Waals surface area contributed by atoms with Gasteiger partial charge < -0.3 is 29.0 Å². The van der Waals surface area contributed by atoms with Crippen LogP contribution in [-0.2, 0) is 20.8 Å². The number of benzene rings is 1. The van der Waals surface area contributed by atoms with Crippen LogP contribution in [0.5, 0.6) is 0 Å². The molecular weight excluding hydrogens is 558 g/mol. The first kappa shape index (κ1) is 28.5. The van der Waals surface area contributed by atoms with Crippen molar-refractivity contribution in [2.75, 3.05) is 39.4 Å². The van der Waals surface area contributed by atoms with Crippen molar-refractivity contribution in [2.24, 2.45) is 0 Å². The number of nitrogens with zero attached hydrogens (tertiary/aromatic N) is 6. The van der Waals surface area contributed by atoms with Crippen LogP contribution in [0, 0.1) is 0 Å². The molecule has 1 N–H and O–H groups in total. The summed E-state index contributed by atoms with van der Waals surface area (Å²) in [7, 11) is 5.44. The van der Waals surface area contributed by atoms with Crippen LogP contribution in [0.2, 0.25) is 0 Å². The second-order valence-electron chi connectivity index (χ2n) is 11.6. The van der Waals surface area contributed by atoms with E-state index in [1.807, 2.05) is 37.5 Å². The van der Waals surface area contributed by atoms with Crippen molar-refractivity contribution in [1.29, 1.82) is 0 Å². The first-order valence-electron chi connectivity index (χ1n) is 15.1. The molecule has 1 aromatic carbocycles. The highest BCUT2D eigenvalue weighted by atomic mass is 16.5. The topological polar surface area (TPSA) is 108 Å². The third-order valence-electron chi connectivity index (χ3n) is 8.98. The number of pyridine rings is 1. The van der Waals surface area contributed by atoms with Gasteiger partial charge >= 0.3 is 0 Å². The van der Waals surface area contributed by atoms with Crippen molar-refractivity contribution in [2.45, 2.75) is 50.1 Å². The van der Waals surface area contributed by atoms with Crippen molar-refractivity contribution in [3.8, 4) is 11.3 Å².